The van der Waals surface area contributed by atoms with Crippen molar-refractivity contribution in [2.45, 2.75) is 12.7 Å². The Balaban J connectivity index is 2.58. The maximum absolute atomic E-state index is 11.8. The standard InChI is InChI=1S/C14H15NO2S/c1-9-3-6-13(17-2)11(7-9)12-5-4-10(8-18)14(16)15-12/h3-7,18H,8H2,1-2H3,(H,15,16). The van der Waals surface area contributed by atoms with Crippen LogP contribution in [0.5, 0.6) is 5.75 Å². The molecule has 2 rings (SSSR count). The monoisotopic (exact) mass is 261 g/mol. The zero-order valence-electron chi connectivity index (χ0n) is 10.4. The number of hydrogen-bond acceptors (Lipinski definition) is 3. The summed E-state index contributed by atoms with van der Waals surface area (Å²) < 4.78 is 5.31. The molecule has 2 aromatic rings. The van der Waals surface area contributed by atoms with E-state index in [1.165, 1.54) is 0 Å². The minimum absolute atomic E-state index is 0.106. The topological polar surface area (TPSA) is 42.1 Å². The minimum Gasteiger partial charge on any atom is -0.496 e. The fourth-order valence-corrected chi connectivity index (χ4v) is 2.07. The van der Waals surface area contributed by atoms with Crippen LogP contribution in [-0.2, 0) is 5.75 Å². The molecule has 0 fully saturated rings. The number of aryl methyl sites for hydroxylation is 1. The van der Waals surface area contributed by atoms with Crippen LogP contribution in [0.2, 0.25) is 0 Å². The van der Waals surface area contributed by atoms with Crippen LogP contribution in [0.15, 0.2) is 35.1 Å². The Morgan fingerprint density at radius 1 is 1.28 bits per heavy atom. The quantitative estimate of drug-likeness (QED) is 0.834. The predicted octanol–water partition coefficient (Wildman–Crippen LogP) is 2.79. The molecule has 0 aliphatic carbocycles. The van der Waals surface area contributed by atoms with Crippen molar-refractivity contribution in [1.82, 2.24) is 4.98 Å². The summed E-state index contributed by atoms with van der Waals surface area (Å²) in [6.07, 6.45) is 0. The van der Waals surface area contributed by atoms with E-state index in [9.17, 15) is 4.79 Å². The third-order valence-electron chi connectivity index (χ3n) is 2.81. The first kappa shape index (κ1) is 12.8. The largest absolute Gasteiger partial charge is 0.496 e. The SMILES string of the molecule is COc1ccc(C)cc1-c1ccc(CS)c(=O)[nH]1. The van der Waals surface area contributed by atoms with Crippen LogP contribution < -0.4 is 10.3 Å². The molecule has 3 nitrogen and oxygen atoms in total. The number of benzene rings is 1. The van der Waals surface area contributed by atoms with Crippen molar-refractivity contribution < 1.29 is 4.74 Å². The number of rotatable bonds is 3. The maximum atomic E-state index is 11.8. The molecule has 4 heteroatoms. The molecule has 0 aliphatic heterocycles. The zero-order chi connectivity index (χ0) is 13.1. The number of thiol groups is 1. The van der Waals surface area contributed by atoms with Gasteiger partial charge in [0.1, 0.15) is 5.75 Å². The summed E-state index contributed by atoms with van der Waals surface area (Å²) in [5.41, 5.74) is 3.32. The summed E-state index contributed by atoms with van der Waals surface area (Å²) in [7, 11) is 1.62. The Labute approximate surface area is 111 Å². The highest BCUT2D eigenvalue weighted by Gasteiger charge is 2.08. The van der Waals surface area contributed by atoms with Gasteiger partial charge in [-0.05, 0) is 25.1 Å². The van der Waals surface area contributed by atoms with Crippen LogP contribution in [0.3, 0.4) is 0 Å². The number of methoxy groups -OCH3 is 1. The molecule has 0 saturated carbocycles. The van der Waals surface area contributed by atoms with Crippen LogP contribution in [-0.4, -0.2) is 12.1 Å². The number of hydrogen-bond donors (Lipinski definition) is 2. The van der Waals surface area contributed by atoms with Gasteiger partial charge in [-0.3, -0.25) is 4.79 Å². The van der Waals surface area contributed by atoms with Crippen LogP contribution >= 0.6 is 12.6 Å². The molecule has 94 valence electrons. The van der Waals surface area contributed by atoms with Crippen molar-refractivity contribution in [3.05, 3.63) is 51.8 Å². The van der Waals surface area contributed by atoms with Gasteiger partial charge >= 0.3 is 0 Å². The molecule has 18 heavy (non-hydrogen) atoms. The average Bonchev–Trinajstić information content (AvgIpc) is 2.38. The minimum atomic E-state index is -0.106. The maximum Gasteiger partial charge on any atom is 0.252 e. The second-order valence-electron chi connectivity index (χ2n) is 4.09. The van der Waals surface area contributed by atoms with Crippen LogP contribution in [0.1, 0.15) is 11.1 Å². The second-order valence-corrected chi connectivity index (χ2v) is 4.40. The molecule has 0 amide bonds. The van der Waals surface area contributed by atoms with Gasteiger partial charge < -0.3 is 9.72 Å². The molecule has 0 atom stereocenters. The highest BCUT2D eigenvalue weighted by molar-refractivity contribution is 7.79. The van der Waals surface area contributed by atoms with Crippen LogP contribution in [0, 0.1) is 6.92 Å². The lowest BCUT2D eigenvalue weighted by Crippen LogP contribution is -2.11. The lowest BCUT2D eigenvalue weighted by Gasteiger charge is -2.09. The summed E-state index contributed by atoms with van der Waals surface area (Å²) in [4.78, 5) is 14.6. The molecule has 0 unspecified atom stereocenters. The van der Waals surface area contributed by atoms with E-state index in [2.05, 4.69) is 17.6 Å². The van der Waals surface area contributed by atoms with E-state index in [0.717, 1.165) is 22.6 Å². The highest BCUT2D eigenvalue weighted by Crippen LogP contribution is 2.28. The summed E-state index contributed by atoms with van der Waals surface area (Å²) in [6, 6.07) is 9.54. The van der Waals surface area contributed by atoms with Crippen molar-refractivity contribution >= 4 is 12.6 Å². The molecule has 0 bridgehead atoms. The van der Waals surface area contributed by atoms with Gasteiger partial charge in [-0.2, -0.15) is 12.6 Å². The lowest BCUT2D eigenvalue weighted by molar-refractivity contribution is 0.416. The molecule has 1 heterocycles. The van der Waals surface area contributed by atoms with E-state index in [0.29, 0.717) is 11.3 Å². The molecule has 0 aliphatic rings. The Bertz CT molecular complexity index is 619. The number of nitrogens with one attached hydrogen (secondary N) is 1. The van der Waals surface area contributed by atoms with E-state index < -0.39 is 0 Å². The van der Waals surface area contributed by atoms with Gasteiger partial charge in [0.05, 0.1) is 12.8 Å². The lowest BCUT2D eigenvalue weighted by atomic mass is 10.1. The Morgan fingerprint density at radius 2 is 2.06 bits per heavy atom. The third kappa shape index (κ3) is 2.43. The third-order valence-corrected chi connectivity index (χ3v) is 3.15. The Morgan fingerprint density at radius 3 is 2.67 bits per heavy atom. The molecule has 0 radical (unpaired) electrons. The normalized spacial score (nSPS) is 10.4. The van der Waals surface area contributed by atoms with Gasteiger partial charge in [-0.15, -0.1) is 0 Å². The van der Waals surface area contributed by atoms with Crippen molar-refractivity contribution in [2.24, 2.45) is 0 Å². The Kier molecular flexibility index (Phi) is 3.77. The molecule has 1 aromatic heterocycles. The van der Waals surface area contributed by atoms with Gasteiger partial charge in [0.15, 0.2) is 0 Å². The Hall–Kier alpha value is -1.68. The summed E-state index contributed by atoms with van der Waals surface area (Å²) in [5, 5.41) is 0. The first-order valence-electron chi connectivity index (χ1n) is 5.63. The smallest absolute Gasteiger partial charge is 0.252 e. The molecule has 0 spiro atoms. The van der Waals surface area contributed by atoms with Gasteiger partial charge in [-0.1, -0.05) is 17.7 Å². The van der Waals surface area contributed by atoms with E-state index in [-0.39, 0.29) is 5.56 Å². The second kappa shape index (κ2) is 5.31. The molecular weight excluding hydrogens is 246 g/mol. The van der Waals surface area contributed by atoms with Crippen LogP contribution in [0.4, 0.5) is 0 Å². The average molecular weight is 261 g/mol. The van der Waals surface area contributed by atoms with Gasteiger partial charge in [0, 0.05) is 16.9 Å². The number of aromatic nitrogens is 1. The molecule has 0 saturated heterocycles. The molecule has 1 N–H and O–H groups in total. The predicted molar refractivity (Wildman–Crippen MR) is 76.5 cm³/mol. The number of pyridine rings is 1. The fourth-order valence-electron chi connectivity index (χ4n) is 1.82. The molecule has 1 aromatic carbocycles. The molecular formula is C14H15NO2S. The highest BCUT2D eigenvalue weighted by atomic mass is 32.1. The van der Waals surface area contributed by atoms with Crippen molar-refractivity contribution in [2.75, 3.05) is 7.11 Å². The summed E-state index contributed by atoms with van der Waals surface area (Å²) >= 11 is 4.11. The van der Waals surface area contributed by atoms with E-state index in [4.69, 9.17) is 4.74 Å². The van der Waals surface area contributed by atoms with Gasteiger partial charge in [0.2, 0.25) is 0 Å². The number of aromatic amines is 1. The van der Waals surface area contributed by atoms with Gasteiger partial charge in [-0.25, -0.2) is 0 Å². The van der Waals surface area contributed by atoms with Gasteiger partial charge in [0.25, 0.3) is 5.56 Å². The van der Waals surface area contributed by atoms with Crippen molar-refractivity contribution in [1.29, 1.82) is 0 Å². The van der Waals surface area contributed by atoms with Crippen LogP contribution in [0.25, 0.3) is 11.3 Å². The number of H-pyrrole nitrogens is 1. The fraction of sp³-hybridized carbons (Fsp3) is 0.214. The first-order valence-corrected chi connectivity index (χ1v) is 6.27. The first-order chi connectivity index (χ1) is 8.65. The summed E-state index contributed by atoms with van der Waals surface area (Å²) in [6.45, 7) is 2.00. The van der Waals surface area contributed by atoms with E-state index in [1.807, 2.05) is 31.2 Å². The number of ether oxygens (including phenoxy) is 1. The van der Waals surface area contributed by atoms with E-state index >= 15 is 0 Å². The van der Waals surface area contributed by atoms with Crippen molar-refractivity contribution in [3.63, 3.8) is 0 Å². The summed E-state index contributed by atoms with van der Waals surface area (Å²) in [5.74, 6) is 1.18. The van der Waals surface area contributed by atoms with E-state index in [1.54, 1.807) is 13.2 Å². The zero-order valence-corrected chi connectivity index (χ0v) is 11.3. The van der Waals surface area contributed by atoms with Crippen molar-refractivity contribution in [3.8, 4) is 17.0 Å².